The van der Waals surface area contributed by atoms with E-state index in [4.69, 9.17) is 0 Å². The fourth-order valence-electron chi connectivity index (χ4n) is 5.47. The number of H-pyrrole nitrogens is 1. The molecule has 2 aliphatic rings. The van der Waals surface area contributed by atoms with Gasteiger partial charge in [-0.2, -0.15) is 0 Å². The second kappa shape index (κ2) is 9.58. The molecule has 1 saturated heterocycles. The summed E-state index contributed by atoms with van der Waals surface area (Å²) in [7, 11) is 0. The lowest BCUT2D eigenvalue weighted by atomic mass is 9.73. The summed E-state index contributed by atoms with van der Waals surface area (Å²) in [5, 5.41) is 10.8. The van der Waals surface area contributed by atoms with E-state index in [1.807, 2.05) is 39.1 Å². The molecule has 1 aromatic carbocycles. The van der Waals surface area contributed by atoms with E-state index in [1.165, 1.54) is 11.1 Å². The van der Waals surface area contributed by atoms with Gasteiger partial charge in [0.2, 0.25) is 5.95 Å². The number of benzene rings is 1. The maximum absolute atomic E-state index is 13.1. The number of aromatic nitrogens is 5. The molecule has 8 nitrogen and oxygen atoms in total. The Kier molecular flexibility index (Phi) is 6.38. The molecular weight excluding hydrogens is 502 g/mol. The molecule has 6 rings (SSSR count). The second-order valence-corrected chi connectivity index (χ2v) is 14.0. The first-order valence-electron chi connectivity index (χ1n) is 12.6. The van der Waals surface area contributed by atoms with Gasteiger partial charge in [-0.3, -0.25) is 0 Å². The van der Waals surface area contributed by atoms with Crippen molar-refractivity contribution >= 4 is 40.1 Å². The molecule has 10 heteroatoms. The lowest BCUT2D eigenvalue weighted by Gasteiger charge is -2.43. The maximum Gasteiger partial charge on any atom is 0.245 e. The van der Waals surface area contributed by atoms with Crippen LogP contribution in [0.4, 0.5) is 5.95 Å². The minimum absolute atomic E-state index is 0.0353. The van der Waals surface area contributed by atoms with E-state index in [-0.39, 0.29) is 16.2 Å². The third-order valence-electron chi connectivity index (χ3n) is 7.51. The molecule has 1 fully saturated rings. The Labute approximate surface area is 224 Å². The van der Waals surface area contributed by atoms with Gasteiger partial charge in [0, 0.05) is 52.5 Å². The van der Waals surface area contributed by atoms with Gasteiger partial charge >= 0.3 is 0 Å². The van der Waals surface area contributed by atoms with Crippen molar-refractivity contribution in [3.05, 3.63) is 66.1 Å². The van der Waals surface area contributed by atoms with Crippen molar-refractivity contribution in [2.45, 2.75) is 60.7 Å². The molecule has 192 valence electrons. The minimum atomic E-state index is -1.14. The van der Waals surface area contributed by atoms with Gasteiger partial charge in [-0.25, -0.2) is 9.97 Å². The highest BCUT2D eigenvalue weighted by atomic mass is 32.2. The van der Waals surface area contributed by atoms with Crippen LogP contribution < -0.4 is 9.62 Å². The first kappa shape index (κ1) is 24.7. The third-order valence-corrected chi connectivity index (χ3v) is 10.0. The Balaban J connectivity index is 1.16. The van der Waals surface area contributed by atoms with Gasteiger partial charge in [0.1, 0.15) is 15.4 Å². The van der Waals surface area contributed by atoms with Crippen LogP contribution in [-0.4, -0.2) is 47.5 Å². The van der Waals surface area contributed by atoms with Crippen molar-refractivity contribution < 1.29 is 4.55 Å². The van der Waals surface area contributed by atoms with Crippen LogP contribution in [0.5, 0.6) is 0 Å². The average molecular weight is 534 g/mol. The summed E-state index contributed by atoms with van der Waals surface area (Å²) >= 11 is 0.402. The fourth-order valence-corrected chi connectivity index (χ4v) is 7.23. The Bertz CT molecular complexity index is 1390. The van der Waals surface area contributed by atoms with E-state index < -0.39 is 11.4 Å². The Morgan fingerprint density at radius 3 is 2.68 bits per heavy atom. The van der Waals surface area contributed by atoms with Crippen LogP contribution in [0, 0.1) is 5.41 Å². The van der Waals surface area contributed by atoms with E-state index in [2.05, 4.69) is 59.0 Å². The van der Waals surface area contributed by atoms with Crippen molar-refractivity contribution in [3.8, 4) is 0 Å². The summed E-state index contributed by atoms with van der Waals surface area (Å²) in [6, 6.07) is 12.7. The second-order valence-electron chi connectivity index (χ2n) is 10.9. The predicted octanol–water partition coefficient (Wildman–Crippen LogP) is 4.83. The summed E-state index contributed by atoms with van der Waals surface area (Å²) in [5.74, 6) is 0.666. The van der Waals surface area contributed by atoms with E-state index in [1.54, 1.807) is 24.2 Å². The number of fused-ring (bicyclic) bond motifs is 2. The predicted molar refractivity (Wildman–Crippen MR) is 148 cm³/mol. The molecule has 1 aliphatic carbocycles. The first-order chi connectivity index (χ1) is 17.8. The van der Waals surface area contributed by atoms with E-state index in [9.17, 15) is 4.55 Å². The zero-order valence-electron chi connectivity index (χ0n) is 21.3. The number of nitrogens with one attached hydrogen (secondary N) is 2. The number of rotatable bonds is 5. The highest BCUT2D eigenvalue weighted by Gasteiger charge is 2.50. The fraction of sp³-hybridized carbons (Fsp3) is 0.407. The molecule has 1 aliphatic heterocycles. The van der Waals surface area contributed by atoms with Crippen molar-refractivity contribution in [3.63, 3.8) is 0 Å². The molecule has 0 saturated carbocycles. The number of piperidine rings is 1. The number of pyridine rings is 1. The molecule has 0 radical (unpaired) electrons. The summed E-state index contributed by atoms with van der Waals surface area (Å²) in [6.07, 6.45) is 8.44. The van der Waals surface area contributed by atoms with Crippen LogP contribution in [0.1, 0.15) is 50.8 Å². The maximum atomic E-state index is 13.1. The molecule has 0 amide bonds. The van der Waals surface area contributed by atoms with Gasteiger partial charge in [0.15, 0.2) is 0 Å². The summed E-state index contributed by atoms with van der Waals surface area (Å²) in [4.78, 5) is 15.4. The molecule has 1 spiro atoms. The SMILES string of the molecule is CC(C)(C)[S@+]([O-])N[C@@H]1c2ccccc2CC12CCN(c1ncc(Sc3ccnc4[nH]ccc34)nn1)CC2. The molecule has 4 aromatic rings. The monoisotopic (exact) mass is 533 g/mol. The van der Waals surface area contributed by atoms with E-state index in [0.717, 1.165) is 53.3 Å². The Morgan fingerprint density at radius 1 is 1.11 bits per heavy atom. The molecular formula is C27H31N7OS2. The summed E-state index contributed by atoms with van der Waals surface area (Å²) < 4.78 is 16.3. The van der Waals surface area contributed by atoms with Gasteiger partial charge in [0.25, 0.3) is 0 Å². The van der Waals surface area contributed by atoms with Crippen LogP contribution in [0.15, 0.2) is 64.9 Å². The van der Waals surface area contributed by atoms with Gasteiger partial charge < -0.3 is 14.4 Å². The number of anilines is 1. The van der Waals surface area contributed by atoms with Crippen LogP contribution in [0.3, 0.4) is 0 Å². The smallest absolute Gasteiger partial charge is 0.245 e. The van der Waals surface area contributed by atoms with Crippen molar-refractivity contribution in [2.75, 3.05) is 18.0 Å². The van der Waals surface area contributed by atoms with E-state index >= 15 is 0 Å². The third kappa shape index (κ3) is 4.71. The minimum Gasteiger partial charge on any atom is -0.598 e. The lowest BCUT2D eigenvalue weighted by Crippen LogP contribution is -2.50. The average Bonchev–Trinajstić information content (AvgIpc) is 3.48. The zero-order chi connectivity index (χ0) is 25.6. The lowest BCUT2D eigenvalue weighted by molar-refractivity contribution is 0.175. The topological polar surface area (TPSA) is 106 Å². The molecule has 2 N–H and O–H groups in total. The number of hydrogen-bond acceptors (Lipinski definition) is 8. The number of nitrogens with zero attached hydrogens (tertiary/aromatic N) is 5. The summed E-state index contributed by atoms with van der Waals surface area (Å²) in [6.45, 7) is 7.75. The van der Waals surface area contributed by atoms with Crippen LogP contribution >= 0.6 is 11.8 Å². The van der Waals surface area contributed by atoms with Crippen molar-refractivity contribution in [1.82, 2.24) is 29.9 Å². The number of hydrogen-bond donors (Lipinski definition) is 2. The van der Waals surface area contributed by atoms with E-state index in [0.29, 0.717) is 5.95 Å². The van der Waals surface area contributed by atoms with Crippen molar-refractivity contribution in [2.24, 2.45) is 5.41 Å². The molecule has 4 heterocycles. The van der Waals surface area contributed by atoms with Gasteiger partial charge in [-0.1, -0.05) is 36.0 Å². The zero-order valence-corrected chi connectivity index (χ0v) is 22.9. The van der Waals surface area contributed by atoms with Crippen LogP contribution in [0.2, 0.25) is 0 Å². The number of aromatic amines is 1. The highest BCUT2D eigenvalue weighted by Crippen LogP contribution is 2.52. The quantitative estimate of drug-likeness (QED) is 0.351. The molecule has 0 bridgehead atoms. The highest BCUT2D eigenvalue weighted by molar-refractivity contribution is 7.99. The molecule has 0 unspecified atom stereocenters. The van der Waals surface area contributed by atoms with Gasteiger partial charge in [-0.05, 0) is 63.3 Å². The normalized spacial score (nSPS) is 19.9. The standard InChI is InChI=1S/C27H31N7OS2/c1-26(2,3)37(35)33-23-19-7-5-4-6-18(19)16-27(23)10-14-34(15-11-27)25-30-17-22(31-32-25)36-21-9-13-29-24-20(21)8-12-28-24/h4-9,12-13,17,23,33H,10-11,14-16H2,1-3H3,(H,28,29)/t23-,37+/m1/s1. The molecule has 2 atom stereocenters. The molecule has 37 heavy (non-hydrogen) atoms. The van der Waals surface area contributed by atoms with Crippen molar-refractivity contribution in [1.29, 1.82) is 0 Å². The van der Waals surface area contributed by atoms with Gasteiger partial charge in [0.05, 0.1) is 12.2 Å². The Morgan fingerprint density at radius 2 is 1.92 bits per heavy atom. The Hall–Kier alpha value is -2.66. The van der Waals surface area contributed by atoms with Gasteiger partial charge in [-0.15, -0.1) is 14.9 Å². The first-order valence-corrected chi connectivity index (χ1v) is 14.6. The largest absolute Gasteiger partial charge is 0.598 e. The van der Waals surface area contributed by atoms with Crippen LogP contribution in [-0.2, 0) is 17.8 Å². The summed E-state index contributed by atoms with van der Waals surface area (Å²) in [5.41, 5.74) is 3.55. The molecule has 3 aromatic heterocycles. The van der Waals surface area contributed by atoms with Crippen LogP contribution in [0.25, 0.3) is 11.0 Å².